The Morgan fingerprint density at radius 2 is 1.65 bits per heavy atom. The summed E-state index contributed by atoms with van der Waals surface area (Å²) in [6.45, 7) is 0. The van der Waals surface area contributed by atoms with Crippen molar-refractivity contribution in [3.05, 3.63) is 71.5 Å². The lowest BCUT2D eigenvalue weighted by Gasteiger charge is -2.24. The van der Waals surface area contributed by atoms with Crippen LogP contribution in [-0.4, -0.2) is 10.1 Å². The van der Waals surface area contributed by atoms with Gasteiger partial charge in [0.05, 0.1) is 12.1 Å². The Balaban J connectivity index is 2.44. The third kappa shape index (κ3) is 3.64. The van der Waals surface area contributed by atoms with Gasteiger partial charge < -0.3 is 0 Å². The lowest BCUT2D eigenvalue weighted by atomic mass is 9.82. The predicted molar refractivity (Wildman–Crippen MR) is 87.4 cm³/mol. The summed E-state index contributed by atoms with van der Waals surface area (Å²) in [6.07, 6.45) is -0.155. The number of hydrogen-bond donors (Lipinski definition) is 0. The lowest BCUT2D eigenvalue weighted by molar-refractivity contribution is 0.0972. The smallest absolute Gasteiger partial charge is 0.204 e. The number of benzene rings is 2. The van der Waals surface area contributed by atoms with Crippen LogP contribution in [-0.2, 0) is 0 Å². The molecule has 23 heavy (non-hydrogen) atoms. The molecule has 1 unspecified atom stereocenters. The van der Waals surface area contributed by atoms with E-state index in [1.165, 1.54) is 18.2 Å². The fraction of sp³-hybridized carbons (Fsp3) is 0.167. The monoisotopic (exact) mass is 370 g/mol. The molecule has 2 aromatic rings. The zero-order valence-corrected chi connectivity index (χ0v) is 13.6. The van der Waals surface area contributed by atoms with Crippen LogP contribution in [0.5, 0.6) is 0 Å². The molecule has 0 aliphatic heterocycles. The zero-order chi connectivity index (χ0) is 16.9. The molecular formula is C18H12BrFN2O. The highest BCUT2D eigenvalue weighted by Gasteiger charge is 2.40. The highest BCUT2D eigenvalue weighted by atomic mass is 79.9. The first-order valence-corrected chi connectivity index (χ1v) is 7.65. The molecule has 0 spiro atoms. The van der Waals surface area contributed by atoms with E-state index < -0.39 is 16.1 Å². The number of Topliss-reactive ketones (excluding diaryl/α,β-unsaturated/α-hetero) is 1. The lowest BCUT2D eigenvalue weighted by Crippen LogP contribution is -2.29. The SMILES string of the molecule is N#CC(Br)(C#N)C(CC(=O)c1ccccc1)c1ccccc1F. The van der Waals surface area contributed by atoms with Crippen LogP contribution in [0.2, 0.25) is 0 Å². The maximum Gasteiger partial charge on any atom is 0.204 e. The first-order valence-electron chi connectivity index (χ1n) is 6.86. The second kappa shape index (κ2) is 7.17. The van der Waals surface area contributed by atoms with E-state index in [2.05, 4.69) is 15.9 Å². The van der Waals surface area contributed by atoms with Gasteiger partial charge in [0.1, 0.15) is 5.82 Å². The molecule has 0 aliphatic rings. The third-order valence-electron chi connectivity index (χ3n) is 3.57. The Morgan fingerprint density at radius 1 is 1.09 bits per heavy atom. The summed E-state index contributed by atoms with van der Waals surface area (Å²) in [5, 5.41) is 18.7. The molecule has 0 aromatic heterocycles. The van der Waals surface area contributed by atoms with Crippen LogP contribution in [0.3, 0.4) is 0 Å². The fourth-order valence-corrected chi connectivity index (χ4v) is 2.74. The van der Waals surface area contributed by atoms with Gasteiger partial charge in [-0.1, -0.05) is 64.5 Å². The molecule has 3 nitrogen and oxygen atoms in total. The van der Waals surface area contributed by atoms with E-state index in [-0.39, 0.29) is 17.8 Å². The summed E-state index contributed by atoms with van der Waals surface area (Å²) >= 11 is 3.08. The van der Waals surface area contributed by atoms with Crippen LogP contribution in [0.4, 0.5) is 4.39 Å². The number of carbonyl (C=O) groups excluding carboxylic acids is 1. The van der Waals surface area contributed by atoms with Gasteiger partial charge in [0.2, 0.25) is 4.32 Å². The van der Waals surface area contributed by atoms with Gasteiger partial charge in [-0.2, -0.15) is 10.5 Å². The maximum atomic E-state index is 14.1. The first kappa shape index (κ1) is 16.9. The number of alkyl halides is 1. The molecule has 0 saturated heterocycles. The maximum absolute atomic E-state index is 14.1. The van der Waals surface area contributed by atoms with Crippen LogP contribution < -0.4 is 0 Å². The molecule has 114 valence electrons. The molecule has 0 N–H and O–H groups in total. The van der Waals surface area contributed by atoms with Gasteiger partial charge in [-0.3, -0.25) is 4.79 Å². The Bertz CT molecular complexity index is 779. The van der Waals surface area contributed by atoms with E-state index in [0.717, 1.165) is 0 Å². The number of nitrogens with zero attached hydrogens (tertiary/aromatic N) is 2. The summed E-state index contributed by atoms with van der Waals surface area (Å²) in [7, 11) is 0. The number of carbonyl (C=O) groups is 1. The van der Waals surface area contributed by atoms with Gasteiger partial charge in [0, 0.05) is 17.9 Å². The molecule has 5 heteroatoms. The largest absolute Gasteiger partial charge is 0.294 e. The van der Waals surface area contributed by atoms with E-state index >= 15 is 0 Å². The molecule has 0 fully saturated rings. The first-order chi connectivity index (χ1) is 11.0. The summed E-state index contributed by atoms with van der Waals surface area (Å²) in [5.74, 6) is -1.73. The van der Waals surface area contributed by atoms with E-state index in [4.69, 9.17) is 0 Å². The van der Waals surface area contributed by atoms with Crippen LogP contribution in [0, 0.1) is 28.5 Å². The van der Waals surface area contributed by atoms with Crippen LogP contribution in [0.25, 0.3) is 0 Å². The van der Waals surface area contributed by atoms with Crippen molar-refractivity contribution in [1.82, 2.24) is 0 Å². The van der Waals surface area contributed by atoms with Crippen molar-refractivity contribution in [1.29, 1.82) is 10.5 Å². The number of nitriles is 2. The minimum atomic E-state index is -1.68. The van der Waals surface area contributed by atoms with Crippen molar-refractivity contribution in [3.8, 4) is 12.1 Å². The van der Waals surface area contributed by atoms with Crippen LogP contribution >= 0.6 is 15.9 Å². The van der Waals surface area contributed by atoms with Gasteiger partial charge in [-0.05, 0) is 11.6 Å². The minimum absolute atomic E-state index is 0.155. The highest BCUT2D eigenvalue weighted by molar-refractivity contribution is 9.10. The van der Waals surface area contributed by atoms with E-state index in [0.29, 0.717) is 5.56 Å². The van der Waals surface area contributed by atoms with Crippen molar-refractivity contribution in [2.75, 3.05) is 0 Å². The van der Waals surface area contributed by atoms with Crippen molar-refractivity contribution in [3.63, 3.8) is 0 Å². The van der Waals surface area contributed by atoms with Gasteiger partial charge in [-0.15, -0.1) is 0 Å². The van der Waals surface area contributed by atoms with Crippen LogP contribution in [0.15, 0.2) is 54.6 Å². The fourth-order valence-electron chi connectivity index (χ4n) is 2.33. The number of rotatable bonds is 5. The topological polar surface area (TPSA) is 64.7 Å². The molecule has 0 saturated carbocycles. The Labute approximate surface area is 142 Å². The molecule has 0 aliphatic carbocycles. The normalized spacial score (nSPS) is 12.0. The standard InChI is InChI=1S/C18H12BrFN2O/c19-18(11-21,12-22)15(14-8-4-5-9-16(14)20)10-17(23)13-6-2-1-3-7-13/h1-9,15H,10H2. The van der Waals surface area contributed by atoms with Crippen LogP contribution in [0.1, 0.15) is 28.3 Å². The Morgan fingerprint density at radius 3 is 2.22 bits per heavy atom. The second-order valence-electron chi connectivity index (χ2n) is 5.00. The molecule has 0 bridgehead atoms. The molecule has 0 amide bonds. The third-order valence-corrected chi connectivity index (χ3v) is 4.48. The summed E-state index contributed by atoms with van der Waals surface area (Å²) < 4.78 is 12.5. The number of hydrogen-bond acceptors (Lipinski definition) is 3. The number of ketones is 1. The minimum Gasteiger partial charge on any atom is -0.294 e. The van der Waals surface area contributed by atoms with Gasteiger partial charge in [0.25, 0.3) is 0 Å². The van der Waals surface area contributed by atoms with E-state index in [1.54, 1.807) is 36.4 Å². The second-order valence-corrected chi connectivity index (χ2v) is 6.25. The van der Waals surface area contributed by atoms with Gasteiger partial charge in [0.15, 0.2) is 5.78 Å². The van der Waals surface area contributed by atoms with Crippen molar-refractivity contribution in [2.24, 2.45) is 0 Å². The highest BCUT2D eigenvalue weighted by Crippen LogP contribution is 2.39. The zero-order valence-electron chi connectivity index (χ0n) is 12.0. The average Bonchev–Trinajstić information content (AvgIpc) is 2.60. The van der Waals surface area contributed by atoms with Gasteiger partial charge in [-0.25, -0.2) is 4.39 Å². The molecule has 0 heterocycles. The van der Waals surface area contributed by atoms with Crippen molar-refractivity contribution in [2.45, 2.75) is 16.7 Å². The molecular weight excluding hydrogens is 359 g/mol. The number of halogens is 2. The molecule has 1 atom stereocenters. The summed E-state index contributed by atoms with van der Waals surface area (Å²) in [5.41, 5.74) is 0.622. The summed E-state index contributed by atoms with van der Waals surface area (Å²) in [6, 6.07) is 18.1. The summed E-state index contributed by atoms with van der Waals surface area (Å²) in [4.78, 5) is 12.5. The van der Waals surface area contributed by atoms with E-state index in [9.17, 15) is 19.7 Å². The average molecular weight is 371 g/mol. The molecule has 0 radical (unpaired) electrons. The van der Waals surface area contributed by atoms with Crippen molar-refractivity contribution < 1.29 is 9.18 Å². The van der Waals surface area contributed by atoms with Gasteiger partial charge >= 0.3 is 0 Å². The molecule has 2 aromatic carbocycles. The van der Waals surface area contributed by atoms with Crippen molar-refractivity contribution >= 4 is 21.7 Å². The Hall–Kier alpha value is -2.50. The van der Waals surface area contributed by atoms with E-state index in [1.807, 2.05) is 12.1 Å². The predicted octanol–water partition coefficient (Wildman–Crippen LogP) is 4.36. The Kier molecular flexibility index (Phi) is 5.26. The quantitative estimate of drug-likeness (QED) is 0.579. The molecule has 2 rings (SSSR count).